The van der Waals surface area contributed by atoms with Crippen LogP contribution in [0.15, 0.2) is 54.7 Å². The van der Waals surface area contributed by atoms with E-state index >= 15 is 4.39 Å². The molecule has 7 nitrogen and oxygen atoms in total. The number of alkyl halides is 2. The molecule has 0 amide bonds. The lowest BCUT2D eigenvalue weighted by Gasteiger charge is -2.32. The summed E-state index contributed by atoms with van der Waals surface area (Å²) in [4.78, 5) is 15.3. The van der Waals surface area contributed by atoms with Crippen molar-refractivity contribution in [1.82, 2.24) is 19.9 Å². The third kappa shape index (κ3) is 7.04. The molecule has 4 aromatic rings. The van der Waals surface area contributed by atoms with E-state index in [0.717, 1.165) is 43.9 Å². The molecule has 12 heteroatoms. The maximum atomic E-state index is 15.0. The van der Waals surface area contributed by atoms with Gasteiger partial charge in [-0.1, -0.05) is 24.3 Å². The number of hydrogen-bond acceptors (Lipinski definition) is 7. The van der Waals surface area contributed by atoms with Crippen LogP contribution in [0.25, 0.3) is 22.3 Å². The molecule has 2 aromatic carbocycles. The second kappa shape index (κ2) is 12.3. The predicted molar refractivity (Wildman–Crippen MR) is 154 cm³/mol. The maximum absolute atomic E-state index is 15.0. The molecule has 222 valence electrons. The lowest BCUT2D eigenvalue weighted by atomic mass is 9.91. The summed E-state index contributed by atoms with van der Waals surface area (Å²) >= 11 is 0. The highest BCUT2D eigenvalue weighted by atomic mass is 32.2. The molecule has 1 aliphatic rings. The minimum absolute atomic E-state index is 0.0113. The summed E-state index contributed by atoms with van der Waals surface area (Å²) in [7, 11) is 0.347. The normalized spacial score (nSPS) is 17.7. The first-order valence-electron chi connectivity index (χ1n) is 13.6. The van der Waals surface area contributed by atoms with Crippen LogP contribution in [0.5, 0.6) is 0 Å². The molecule has 5 rings (SSSR count). The fraction of sp³-hybridized carbons (Fsp3) is 0.367. The van der Waals surface area contributed by atoms with Crippen molar-refractivity contribution >= 4 is 26.8 Å². The van der Waals surface area contributed by atoms with Crippen LogP contribution in [-0.2, 0) is 21.3 Å². The van der Waals surface area contributed by atoms with E-state index in [0.29, 0.717) is 11.6 Å². The highest BCUT2D eigenvalue weighted by Gasteiger charge is 2.24. The number of sulfone groups is 1. The Kier molecular flexibility index (Phi) is 8.74. The Balaban J connectivity index is 1.36. The Bertz CT molecular complexity index is 1680. The van der Waals surface area contributed by atoms with Gasteiger partial charge in [0.05, 0.1) is 23.4 Å². The Morgan fingerprint density at radius 3 is 2.31 bits per heavy atom. The van der Waals surface area contributed by atoms with Gasteiger partial charge in [0.2, 0.25) is 5.95 Å². The number of nitrogens with one attached hydrogen (secondary N) is 1. The summed E-state index contributed by atoms with van der Waals surface area (Å²) in [6.45, 7) is 0. The summed E-state index contributed by atoms with van der Waals surface area (Å²) in [5, 5.41) is 3.27. The van der Waals surface area contributed by atoms with E-state index in [9.17, 15) is 21.6 Å². The van der Waals surface area contributed by atoms with Crippen molar-refractivity contribution in [2.75, 3.05) is 19.4 Å². The Morgan fingerprint density at radius 2 is 1.67 bits per heavy atom. The largest absolute Gasteiger partial charge is 0.351 e. The molecule has 0 spiro atoms. The second-order valence-corrected chi connectivity index (χ2v) is 13.0. The van der Waals surface area contributed by atoms with Crippen LogP contribution in [0.2, 0.25) is 0 Å². The molecule has 1 aliphatic carbocycles. The Labute approximate surface area is 241 Å². The van der Waals surface area contributed by atoms with E-state index < -0.39 is 33.6 Å². The van der Waals surface area contributed by atoms with Crippen LogP contribution < -0.4 is 5.32 Å². The zero-order valence-corrected chi connectivity index (χ0v) is 24.0. The first-order chi connectivity index (χ1) is 20.0. The van der Waals surface area contributed by atoms with Gasteiger partial charge in [-0.25, -0.2) is 40.9 Å². The summed E-state index contributed by atoms with van der Waals surface area (Å²) in [6, 6.07) is 10.7. The van der Waals surface area contributed by atoms with Crippen molar-refractivity contribution in [3.05, 3.63) is 83.1 Å². The molecule has 0 saturated heterocycles. The molecule has 0 atom stereocenters. The predicted octanol–water partition coefficient (Wildman–Crippen LogP) is 6.31. The number of hydrogen-bond donors (Lipinski definition) is 1. The number of benzene rings is 2. The minimum Gasteiger partial charge on any atom is -0.351 e. The van der Waals surface area contributed by atoms with Crippen molar-refractivity contribution in [2.45, 2.75) is 55.7 Å². The lowest BCUT2D eigenvalue weighted by Crippen LogP contribution is -2.36. The van der Waals surface area contributed by atoms with E-state index in [2.05, 4.69) is 39.3 Å². The molecule has 1 N–H and O–H groups in total. The lowest BCUT2D eigenvalue weighted by molar-refractivity contribution is 0.153. The van der Waals surface area contributed by atoms with Crippen LogP contribution in [0, 0.1) is 11.6 Å². The summed E-state index contributed by atoms with van der Waals surface area (Å²) < 4.78 is 81.8. The smallest absolute Gasteiger partial charge is 0.266 e. The fourth-order valence-electron chi connectivity index (χ4n) is 5.30. The minimum atomic E-state index is -3.77. The average Bonchev–Trinajstić information content (AvgIpc) is 2.95. The number of halogens is 4. The summed E-state index contributed by atoms with van der Waals surface area (Å²) in [5.74, 6) is -2.01. The first kappa shape index (κ1) is 29.8. The van der Waals surface area contributed by atoms with Gasteiger partial charge in [0.15, 0.2) is 9.84 Å². The van der Waals surface area contributed by atoms with E-state index in [-0.39, 0.29) is 51.2 Å². The zero-order chi connectivity index (χ0) is 30.0. The Morgan fingerprint density at radius 1 is 0.952 bits per heavy atom. The quantitative estimate of drug-likeness (QED) is 0.225. The van der Waals surface area contributed by atoms with Crippen LogP contribution in [0.4, 0.5) is 23.5 Å². The molecule has 0 bridgehead atoms. The van der Waals surface area contributed by atoms with Gasteiger partial charge in [-0.3, -0.25) is 0 Å². The van der Waals surface area contributed by atoms with Crippen LogP contribution in [0.1, 0.15) is 48.8 Å². The zero-order valence-electron chi connectivity index (χ0n) is 23.2. The summed E-state index contributed by atoms with van der Waals surface area (Å²) in [6.07, 6.45) is 2.37. The molecule has 0 radical (unpaired) electrons. The van der Waals surface area contributed by atoms with Crippen molar-refractivity contribution in [3.63, 3.8) is 0 Å². The van der Waals surface area contributed by atoms with E-state index in [1.165, 1.54) is 36.5 Å². The van der Waals surface area contributed by atoms with Crippen LogP contribution >= 0.6 is 0 Å². The standard InChI is InChI=1S/C30H31F4N5O2S/c1-39(2)23-11-9-22(10-12-23)36-30-35-15-27-28(38-30)24(29(33)34)14-26(37-27)19-5-6-20(25(32)13-19)17-42(40,41)16-18-3-7-21(31)8-4-18/h3-8,13-15,22-23,29H,9-12,16-17H2,1-2H3,(H,35,36,38). The van der Waals surface area contributed by atoms with Crippen LogP contribution in [0.3, 0.4) is 0 Å². The number of anilines is 1. The molecule has 42 heavy (non-hydrogen) atoms. The third-order valence-electron chi connectivity index (χ3n) is 7.60. The molecule has 2 aromatic heterocycles. The number of rotatable bonds is 9. The highest BCUT2D eigenvalue weighted by molar-refractivity contribution is 7.89. The van der Waals surface area contributed by atoms with Gasteiger partial charge in [-0.05, 0) is 69.6 Å². The molecule has 0 unspecified atom stereocenters. The number of nitrogens with zero attached hydrogens (tertiary/aromatic N) is 4. The molecule has 0 aliphatic heterocycles. The maximum Gasteiger partial charge on any atom is 0.266 e. The highest BCUT2D eigenvalue weighted by Crippen LogP contribution is 2.32. The topological polar surface area (TPSA) is 88.1 Å². The number of fused-ring (bicyclic) bond motifs is 1. The van der Waals surface area contributed by atoms with E-state index in [1.54, 1.807) is 0 Å². The third-order valence-corrected chi connectivity index (χ3v) is 9.12. The summed E-state index contributed by atoms with van der Waals surface area (Å²) in [5.41, 5.74) is 0.385. The van der Waals surface area contributed by atoms with E-state index in [4.69, 9.17) is 0 Å². The van der Waals surface area contributed by atoms with Gasteiger partial charge in [0.25, 0.3) is 6.43 Å². The van der Waals surface area contributed by atoms with Gasteiger partial charge in [-0.2, -0.15) is 0 Å². The average molecular weight is 602 g/mol. The van der Waals surface area contributed by atoms with Crippen molar-refractivity contribution in [1.29, 1.82) is 0 Å². The molecule has 1 fully saturated rings. The van der Waals surface area contributed by atoms with Gasteiger partial charge in [0, 0.05) is 28.8 Å². The van der Waals surface area contributed by atoms with Crippen molar-refractivity contribution < 1.29 is 26.0 Å². The fourth-order valence-corrected chi connectivity index (χ4v) is 6.81. The molecular weight excluding hydrogens is 570 g/mol. The van der Waals surface area contributed by atoms with Crippen molar-refractivity contribution in [3.8, 4) is 11.3 Å². The SMILES string of the molecule is CN(C)C1CCC(Nc2ncc3nc(-c4ccc(CS(=O)(=O)Cc5ccc(F)cc5)c(F)c4)cc(C(F)F)c3n2)CC1. The first-order valence-corrected chi connectivity index (χ1v) is 15.4. The van der Waals surface area contributed by atoms with Gasteiger partial charge in [0.1, 0.15) is 22.7 Å². The van der Waals surface area contributed by atoms with Gasteiger partial charge in [-0.15, -0.1) is 0 Å². The molecule has 1 saturated carbocycles. The molecular formula is C30H31F4N5O2S. The van der Waals surface area contributed by atoms with E-state index in [1.807, 2.05) is 0 Å². The Hall–Kier alpha value is -3.64. The number of aromatic nitrogens is 3. The monoisotopic (exact) mass is 601 g/mol. The van der Waals surface area contributed by atoms with Crippen LogP contribution in [-0.4, -0.2) is 54.4 Å². The van der Waals surface area contributed by atoms with Gasteiger partial charge >= 0.3 is 0 Å². The second-order valence-electron chi connectivity index (χ2n) is 10.9. The van der Waals surface area contributed by atoms with Crippen molar-refractivity contribution in [2.24, 2.45) is 0 Å². The van der Waals surface area contributed by atoms with Gasteiger partial charge < -0.3 is 10.2 Å². The number of pyridine rings is 1. The molecule has 2 heterocycles.